The van der Waals surface area contributed by atoms with Crippen LogP contribution in [0.5, 0.6) is 0 Å². The van der Waals surface area contributed by atoms with Gasteiger partial charge in [-0.1, -0.05) is 0 Å². The van der Waals surface area contributed by atoms with Gasteiger partial charge in [0.2, 0.25) is 0 Å². The number of ether oxygens (including phenoxy) is 1. The molecule has 1 aromatic rings. The number of nitrogens with zero attached hydrogens (tertiary/aromatic N) is 1. The fraction of sp³-hybridized carbons (Fsp3) is 0.529. The molecule has 1 aliphatic heterocycles. The van der Waals surface area contributed by atoms with Crippen molar-refractivity contribution in [2.24, 2.45) is 0 Å². The van der Waals surface area contributed by atoms with Gasteiger partial charge in [-0.2, -0.15) is 0 Å². The first-order valence-corrected chi connectivity index (χ1v) is 8.23. The number of carbonyl (C=O) groups excluding carboxylic acids is 2. The summed E-state index contributed by atoms with van der Waals surface area (Å²) in [5.74, 6) is -0.356. The van der Waals surface area contributed by atoms with Gasteiger partial charge in [0.25, 0.3) is 0 Å². The molecule has 1 aromatic carbocycles. The highest BCUT2D eigenvalue weighted by atomic mass is 16.5. The number of anilines is 1. The van der Waals surface area contributed by atoms with Crippen molar-refractivity contribution in [3.05, 3.63) is 29.8 Å². The van der Waals surface area contributed by atoms with Crippen molar-refractivity contribution in [3.8, 4) is 0 Å². The molecule has 1 fully saturated rings. The number of hydrogen-bond donors (Lipinski definition) is 2. The molecule has 0 bridgehead atoms. The Hall–Kier alpha value is -2.08. The zero-order valence-corrected chi connectivity index (χ0v) is 13.6. The van der Waals surface area contributed by atoms with Crippen molar-refractivity contribution >= 4 is 17.7 Å². The monoisotopic (exact) mass is 319 g/mol. The van der Waals surface area contributed by atoms with Crippen LogP contribution in [0.15, 0.2) is 24.3 Å². The Labute approximate surface area is 137 Å². The van der Waals surface area contributed by atoms with E-state index in [0.717, 1.165) is 13.0 Å². The number of esters is 1. The van der Waals surface area contributed by atoms with Gasteiger partial charge in [0.1, 0.15) is 0 Å². The molecule has 2 rings (SSSR count). The third-order valence-electron chi connectivity index (χ3n) is 3.79. The van der Waals surface area contributed by atoms with E-state index < -0.39 is 0 Å². The molecule has 0 aliphatic carbocycles. The fourth-order valence-corrected chi connectivity index (χ4v) is 2.59. The molecule has 0 spiro atoms. The maximum absolute atomic E-state index is 11.8. The molecule has 0 atom stereocenters. The Kier molecular flexibility index (Phi) is 6.87. The smallest absolute Gasteiger partial charge is 0.338 e. The molecule has 0 saturated carbocycles. The minimum atomic E-state index is -0.356. The lowest BCUT2D eigenvalue weighted by molar-refractivity contribution is 0.0526. The van der Waals surface area contributed by atoms with Crippen molar-refractivity contribution in [1.29, 1.82) is 0 Å². The highest BCUT2D eigenvalue weighted by molar-refractivity contribution is 5.92. The summed E-state index contributed by atoms with van der Waals surface area (Å²) in [6.45, 7) is 6.16. The third kappa shape index (κ3) is 5.90. The van der Waals surface area contributed by atoms with Crippen LogP contribution in [-0.4, -0.2) is 49.7 Å². The fourth-order valence-electron chi connectivity index (χ4n) is 2.59. The first kappa shape index (κ1) is 17.3. The Morgan fingerprint density at radius 1 is 1.17 bits per heavy atom. The van der Waals surface area contributed by atoms with E-state index in [1.807, 2.05) is 0 Å². The SMILES string of the molecule is CCOC(=O)c1ccc(NC(=O)NCCCN2CCCC2)cc1. The molecule has 1 heterocycles. The van der Waals surface area contributed by atoms with Crippen molar-refractivity contribution < 1.29 is 14.3 Å². The van der Waals surface area contributed by atoms with E-state index in [-0.39, 0.29) is 12.0 Å². The highest BCUT2D eigenvalue weighted by Gasteiger charge is 2.10. The standard InChI is InChI=1S/C17H25N3O3/c1-2-23-16(21)14-6-8-15(9-7-14)19-17(22)18-10-5-13-20-11-3-4-12-20/h6-9H,2-5,10-13H2,1H3,(H2,18,19,22). The van der Waals surface area contributed by atoms with Crippen LogP contribution in [0.25, 0.3) is 0 Å². The van der Waals surface area contributed by atoms with Gasteiger partial charge >= 0.3 is 12.0 Å². The maximum atomic E-state index is 11.8. The van der Waals surface area contributed by atoms with Gasteiger partial charge in [-0.15, -0.1) is 0 Å². The van der Waals surface area contributed by atoms with E-state index in [4.69, 9.17) is 4.74 Å². The maximum Gasteiger partial charge on any atom is 0.338 e. The number of amides is 2. The molecule has 0 radical (unpaired) electrons. The van der Waals surface area contributed by atoms with Gasteiger partial charge in [0, 0.05) is 12.2 Å². The lowest BCUT2D eigenvalue weighted by Gasteiger charge is -2.14. The Morgan fingerprint density at radius 3 is 2.52 bits per heavy atom. The summed E-state index contributed by atoms with van der Waals surface area (Å²) < 4.78 is 4.91. The zero-order chi connectivity index (χ0) is 16.5. The van der Waals surface area contributed by atoms with Gasteiger partial charge in [-0.25, -0.2) is 9.59 Å². The van der Waals surface area contributed by atoms with Crippen molar-refractivity contribution in [2.75, 3.05) is 38.1 Å². The molecule has 0 unspecified atom stereocenters. The lowest BCUT2D eigenvalue weighted by Crippen LogP contribution is -2.31. The van der Waals surface area contributed by atoms with E-state index in [2.05, 4.69) is 15.5 Å². The van der Waals surface area contributed by atoms with E-state index in [1.165, 1.54) is 25.9 Å². The summed E-state index contributed by atoms with van der Waals surface area (Å²) in [6.07, 6.45) is 3.53. The minimum Gasteiger partial charge on any atom is -0.462 e. The van der Waals surface area contributed by atoms with E-state index in [9.17, 15) is 9.59 Å². The van der Waals surface area contributed by atoms with Crippen LogP contribution in [0.1, 0.15) is 36.5 Å². The van der Waals surface area contributed by atoms with Gasteiger partial charge in [0.15, 0.2) is 0 Å². The molecule has 126 valence electrons. The molecular formula is C17H25N3O3. The second-order valence-corrected chi connectivity index (χ2v) is 5.58. The van der Waals surface area contributed by atoms with Gasteiger partial charge < -0.3 is 20.3 Å². The molecule has 2 N–H and O–H groups in total. The quantitative estimate of drug-likeness (QED) is 0.598. The Balaban J connectivity index is 1.67. The molecule has 6 heteroatoms. The van der Waals surface area contributed by atoms with Crippen LogP contribution < -0.4 is 10.6 Å². The average molecular weight is 319 g/mol. The number of nitrogens with one attached hydrogen (secondary N) is 2. The Bertz CT molecular complexity index is 510. The number of hydrogen-bond acceptors (Lipinski definition) is 4. The van der Waals surface area contributed by atoms with Gasteiger partial charge in [-0.3, -0.25) is 0 Å². The molecule has 0 aromatic heterocycles. The van der Waals surface area contributed by atoms with E-state index >= 15 is 0 Å². The lowest BCUT2D eigenvalue weighted by atomic mass is 10.2. The predicted octanol–water partition coefficient (Wildman–Crippen LogP) is 2.47. The average Bonchev–Trinajstić information content (AvgIpc) is 3.06. The topological polar surface area (TPSA) is 70.7 Å². The van der Waals surface area contributed by atoms with E-state index in [0.29, 0.717) is 24.4 Å². The van der Waals surface area contributed by atoms with Crippen LogP contribution in [0.3, 0.4) is 0 Å². The first-order valence-electron chi connectivity index (χ1n) is 8.23. The van der Waals surface area contributed by atoms with Gasteiger partial charge in [0.05, 0.1) is 12.2 Å². The summed E-state index contributed by atoms with van der Waals surface area (Å²) in [5, 5.41) is 5.60. The van der Waals surface area contributed by atoms with Gasteiger partial charge in [-0.05, 0) is 70.1 Å². The molecule has 23 heavy (non-hydrogen) atoms. The molecule has 6 nitrogen and oxygen atoms in total. The van der Waals surface area contributed by atoms with Crippen LogP contribution in [0.4, 0.5) is 10.5 Å². The number of likely N-dealkylation sites (tertiary alicyclic amines) is 1. The molecule has 2 amide bonds. The van der Waals surface area contributed by atoms with Crippen LogP contribution >= 0.6 is 0 Å². The largest absolute Gasteiger partial charge is 0.462 e. The van der Waals surface area contributed by atoms with E-state index in [1.54, 1.807) is 31.2 Å². The predicted molar refractivity (Wildman–Crippen MR) is 89.7 cm³/mol. The van der Waals surface area contributed by atoms with Crippen LogP contribution in [0.2, 0.25) is 0 Å². The normalized spacial score (nSPS) is 14.5. The number of benzene rings is 1. The second kappa shape index (κ2) is 9.15. The Morgan fingerprint density at radius 2 is 1.87 bits per heavy atom. The summed E-state index contributed by atoms with van der Waals surface area (Å²) in [7, 11) is 0. The molecular weight excluding hydrogens is 294 g/mol. The first-order chi connectivity index (χ1) is 11.2. The summed E-state index contributed by atoms with van der Waals surface area (Å²) >= 11 is 0. The number of carbonyl (C=O) groups is 2. The van der Waals surface area contributed by atoms with Crippen molar-refractivity contribution in [3.63, 3.8) is 0 Å². The van der Waals surface area contributed by atoms with Crippen molar-refractivity contribution in [1.82, 2.24) is 10.2 Å². The van der Waals surface area contributed by atoms with Crippen molar-refractivity contribution in [2.45, 2.75) is 26.2 Å². The second-order valence-electron chi connectivity index (χ2n) is 5.58. The highest BCUT2D eigenvalue weighted by Crippen LogP contribution is 2.10. The zero-order valence-electron chi connectivity index (χ0n) is 13.6. The third-order valence-corrected chi connectivity index (χ3v) is 3.79. The molecule has 1 saturated heterocycles. The molecule has 1 aliphatic rings. The number of rotatable bonds is 7. The minimum absolute atomic E-state index is 0.227. The van der Waals surface area contributed by atoms with Crippen LogP contribution in [-0.2, 0) is 4.74 Å². The summed E-state index contributed by atoms with van der Waals surface area (Å²) in [5.41, 5.74) is 1.12. The summed E-state index contributed by atoms with van der Waals surface area (Å²) in [6, 6.07) is 6.43. The summed E-state index contributed by atoms with van der Waals surface area (Å²) in [4.78, 5) is 25.8. The van der Waals surface area contributed by atoms with Crippen LogP contribution in [0, 0.1) is 0 Å². The number of urea groups is 1.